The van der Waals surface area contributed by atoms with E-state index in [4.69, 9.17) is 4.42 Å². The standard InChI is InChI=1S/C22H21FN2O3S/c1-25(2)22(27)29-17-11-7-15(8-12-17)24-21(26)14-10-16-9-13-20(28-16)18-5-3-4-6-19(18)23/h3-9,11-13H,10,14H2,1-2H3,(H,24,26). The highest BCUT2D eigenvalue weighted by Gasteiger charge is 2.11. The van der Waals surface area contributed by atoms with Crippen LogP contribution < -0.4 is 5.32 Å². The summed E-state index contributed by atoms with van der Waals surface area (Å²) in [5.74, 6) is 0.560. The number of thioether (sulfide) groups is 1. The van der Waals surface area contributed by atoms with E-state index in [9.17, 15) is 14.0 Å². The van der Waals surface area contributed by atoms with Crippen molar-refractivity contribution in [3.63, 3.8) is 0 Å². The van der Waals surface area contributed by atoms with Gasteiger partial charge in [-0.05, 0) is 60.3 Å². The minimum atomic E-state index is -0.347. The Hall–Kier alpha value is -3.06. The van der Waals surface area contributed by atoms with Gasteiger partial charge < -0.3 is 14.6 Å². The van der Waals surface area contributed by atoms with Crippen LogP contribution in [0.25, 0.3) is 11.3 Å². The van der Waals surface area contributed by atoms with Crippen molar-refractivity contribution in [2.45, 2.75) is 17.7 Å². The van der Waals surface area contributed by atoms with Crippen molar-refractivity contribution in [1.82, 2.24) is 4.90 Å². The summed E-state index contributed by atoms with van der Waals surface area (Å²) in [4.78, 5) is 26.2. The van der Waals surface area contributed by atoms with E-state index in [1.165, 1.54) is 11.0 Å². The van der Waals surface area contributed by atoms with Crippen LogP contribution in [0.3, 0.4) is 0 Å². The van der Waals surface area contributed by atoms with Crippen molar-refractivity contribution in [2.24, 2.45) is 0 Å². The van der Waals surface area contributed by atoms with E-state index in [0.29, 0.717) is 29.2 Å². The molecule has 2 amide bonds. The molecule has 0 spiro atoms. The summed E-state index contributed by atoms with van der Waals surface area (Å²) in [6.07, 6.45) is 0.644. The lowest BCUT2D eigenvalue weighted by Gasteiger charge is -2.09. The molecule has 0 saturated carbocycles. The molecule has 0 fully saturated rings. The van der Waals surface area contributed by atoms with Gasteiger partial charge in [0.05, 0.1) is 5.56 Å². The molecule has 29 heavy (non-hydrogen) atoms. The summed E-state index contributed by atoms with van der Waals surface area (Å²) in [6.45, 7) is 0. The fourth-order valence-electron chi connectivity index (χ4n) is 2.58. The molecular weight excluding hydrogens is 391 g/mol. The summed E-state index contributed by atoms with van der Waals surface area (Å²) in [6, 6.07) is 16.9. The molecule has 0 bridgehead atoms. The number of nitrogens with zero attached hydrogens (tertiary/aromatic N) is 1. The Balaban J connectivity index is 1.51. The highest BCUT2D eigenvalue weighted by atomic mass is 32.2. The molecule has 1 aromatic heterocycles. The van der Waals surface area contributed by atoms with Crippen LogP contribution in [-0.2, 0) is 11.2 Å². The molecular formula is C22H21FN2O3S. The van der Waals surface area contributed by atoms with Gasteiger partial charge >= 0.3 is 0 Å². The Labute approximate surface area is 172 Å². The van der Waals surface area contributed by atoms with Gasteiger partial charge in [-0.1, -0.05) is 12.1 Å². The first-order valence-electron chi connectivity index (χ1n) is 9.05. The van der Waals surface area contributed by atoms with E-state index in [1.54, 1.807) is 68.7 Å². The number of halogens is 1. The average Bonchev–Trinajstić information content (AvgIpc) is 3.17. The number of carbonyl (C=O) groups excluding carboxylic acids is 2. The Kier molecular flexibility index (Phi) is 6.72. The molecule has 3 rings (SSSR count). The van der Waals surface area contributed by atoms with Gasteiger partial charge in [0.15, 0.2) is 0 Å². The lowest BCUT2D eigenvalue weighted by molar-refractivity contribution is -0.116. The van der Waals surface area contributed by atoms with Gasteiger partial charge in [0.1, 0.15) is 17.3 Å². The molecule has 0 aliphatic heterocycles. The van der Waals surface area contributed by atoms with Gasteiger partial charge in [-0.2, -0.15) is 0 Å². The minimum absolute atomic E-state index is 0.0602. The lowest BCUT2D eigenvalue weighted by Crippen LogP contribution is -2.16. The number of carbonyl (C=O) groups is 2. The lowest BCUT2D eigenvalue weighted by atomic mass is 10.1. The second-order valence-electron chi connectivity index (χ2n) is 6.58. The maximum Gasteiger partial charge on any atom is 0.285 e. The molecule has 0 aliphatic rings. The normalized spacial score (nSPS) is 10.6. The fourth-order valence-corrected chi connectivity index (χ4v) is 3.23. The number of nitrogens with one attached hydrogen (secondary N) is 1. The minimum Gasteiger partial charge on any atom is -0.461 e. The number of benzene rings is 2. The zero-order valence-electron chi connectivity index (χ0n) is 16.1. The van der Waals surface area contributed by atoms with Crippen molar-refractivity contribution in [1.29, 1.82) is 0 Å². The number of rotatable bonds is 6. The number of furan rings is 1. The maximum atomic E-state index is 13.8. The topological polar surface area (TPSA) is 62.6 Å². The van der Waals surface area contributed by atoms with Gasteiger partial charge in [-0.25, -0.2) is 4.39 Å². The van der Waals surface area contributed by atoms with Crippen LogP contribution in [0, 0.1) is 5.82 Å². The molecule has 1 N–H and O–H groups in total. The van der Waals surface area contributed by atoms with E-state index in [2.05, 4.69) is 5.32 Å². The second-order valence-corrected chi connectivity index (χ2v) is 7.61. The number of aryl methyl sites for hydroxylation is 1. The van der Waals surface area contributed by atoms with Gasteiger partial charge in [0.2, 0.25) is 5.91 Å². The zero-order chi connectivity index (χ0) is 20.8. The molecule has 0 radical (unpaired) electrons. The summed E-state index contributed by atoms with van der Waals surface area (Å²) < 4.78 is 19.5. The third kappa shape index (κ3) is 5.71. The van der Waals surface area contributed by atoms with Crippen molar-refractivity contribution >= 4 is 28.6 Å². The van der Waals surface area contributed by atoms with Gasteiger partial charge in [0, 0.05) is 37.5 Å². The first-order valence-corrected chi connectivity index (χ1v) is 9.86. The van der Waals surface area contributed by atoms with Crippen LogP contribution in [0.4, 0.5) is 14.9 Å². The van der Waals surface area contributed by atoms with E-state index in [-0.39, 0.29) is 23.4 Å². The zero-order valence-corrected chi connectivity index (χ0v) is 17.0. The predicted molar refractivity (Wildman–Crippen MR) is 112 cm³/mol. The monoisotopic (exact) mass is 412 g/mol. The molecule has 150 valence electrons. The molecule has 3 aromatic rings. The van der Waals surface area contributed by atoms with Crippen LogP contribution in [0.2, 0.25) is 0 Å². The van der Waals surface area contributed by atoms with Crippen LogP contribution in [0.15, 0.2) is 70.0 Å². The van der Waals surface area contributed by atoms with Crippen molar-refractivity contribution in [2.75, 3.05) is 19.4 Å². The van der Waals surface area contributed by atoms with Gasteiger partial charge in [0.25, 0.3) is 5.24 Å². The second kappa shape index (κ2) is 9.43. The SMILES string of the molecule is CN(C)C(=O)Sc1ccc(NC(=O)CCc2ccc(-c3ccccc3F)o2)cc1. The van der Waals surface area contributed by atoms with Gasteiger partial charge in [-0.3, -0.25) is 9.59 Å². The number of anilines is 1. The highest BCUT2D eigenvalue weighted by molar-refractivity contribution is 8.13. The van der Waals surface area contributed by atoms with E-state index >= 15 is 0 Å². The predicted octanol–water partition coefficient (Wildman–Crippen LogP) is 5.43. The molecule has 7 heteroatoms. The van der Waals surface area contributed by atoms with Crippen molar-refractivity contribution in [3.8, 4) is 11.3 Å². The molecule has 1 heterocycles. The summed E-state index contributed by atoms with van der Waals surface area (Å²) >= 11 is 1.12. The molecule has 0 saturated heterocycles. The number of amides is 2. The van der Waals surface area contributed by atoms with Crippen LogP contribution in [-0.4, -0.2) is 30.1 Å². The smallest absolute Gasteiger partial charge is 0.285 e. The summed E-state index contributed by atoms with van der Waals surface area (Å²) in [7, 11) is 3.39. The highest BCUT2D eigenvalue weighted by Crippen LogP contribution is 2.25. The third-order valence-electron chi connectivity index (χ3n) is 4.11. The summed E-state index contributed by atoms with van der Waals surface area (Å²) in [5, 5.41) is 2.76. The van der Waals surface area contributed by atoms with Crippen molar-refractivity contribution in [3.05, 3.63) is 72.2 Å². The number of hydrogen-bond donors (Lipinski definition) is 1. The first-order chi connectivity index (χ1) is 13.9. The Morgan fingerprint density at radius 3 is 2.45 bits per heavy atom. The quantitative estimate of drug-likeness (QED) is 0.548. The largest absolute Gasteiger partial charge is 0.461 e. The average molecular weight is 412 g/mol. The van der Waals surface area contributed by atoms with Gasteiger partial charge in [-0.15, -0.1) is 0 Å². The van der Waals surface area contributed by atoms with E-state index in [0.717, 1.165) is 16.7 Å². The van der Waals surface area contributed by atoms with E-state index in [1.807, 2.05) is 0 Å². The maximum absolute atomic E-state index is 13.8. The molecule has 0 aliphatic carbocycles. The Morgan fingerprint density at radius 2 is 1.76 bits per heavy atom. The van der Waals surface area contributed by atoms with Crippen LogP contribution in [0.5, 0.6) is 0 Å². The molecule has 0 atom stereocenters. The first kappa shape index (κ1) is 20.7. The number of hydrogen-bond acceptors (Lipinski definition) is 4. The van der Waals surface area contributed by atoms with Crippen LogP contribution >= 0.6 is 11.8 Å². The summed E-state index contributed by atoms with van der Waals surface area (Å²) in [5.41, 5.74) is 1.05. The molecule has 2 aromatic carbocycles. The van der Waals surface area contributed by atoms with Crippen molar-refractivity contribution < 1.29 is 18.4 Å². The Bertz CT molecular complexity index is 999. The third-order valence-corrected chi connectivity index (χ3v) is 5.16. The Morgan fingerprint density at radius 1 is 1.03 bits per heavy atom. The molecule has 5 nitrogen and oxygen atoms in total. The van der Waals surface area contributed by atoms with Crippen LogP contribution in [0.1, 0.15) is 12.2 Å². The fraction of sp³-hybridized carbons (Fsp3) is 0.182. The van der Waals surface area contributed by atoms with E-state index < -0.39 is 0 Å². The molecule has 0 unspecified atom stereocenters.